The molecule has 156 valence electrons. The van der Waals surface area contributed by atoms with E-state index in [0.29, 0.717) is 10.7 Å². The van der Waals surface area contributed by atoms with Gasteiger partial charge in [-0.3, -0.25) is 14.5 Å². The molecule has 1 aromatic heterocycles. The third-order valence-corrected chi connectivity index (χ3v) is 5.63. The lowest BCUT2D eigenvalue weighted by molar-refractivity contribution is -0.118. The van der Waals surface area contributed by atoms with Crippen molar-refractivity contribution in [1.29, 1.82) is 0 Å². The molecule has 8 heteroatoms. The van der Waals surface area contributed by atoms with Crippen LogP contribution in [0, 0.1) is 12.8 Å². The summed E-state index contributed by atoms with van der Waals surface area (Å²) < 4.78 is 5.36. The monoisotopic (exact) mass is 416 g/mol. The number of nitrogens with one attached hydrogen (secondary N) is 2. The Labute approximate surface area is 175 Å². The SMILES string of the molecule is Cc1ccc(C(=O)NC(C(=O)Nc2nc(CN3CCOCC3)cs2)C(C)C)cc1. The molecule has 3 rings (SSSR count). The molecule has 2 amide bonds. The Morgan fingerprint density at radius 1 is 1.21 bits per heavy atom. The molecule has 2 N–H and O–H groups in total. The van der Waals surface area contributed by atoms with E-state index in [1.165, 1.54) is 11.3 Å². The second-order valence-corrected chi connectivity index (χ2v) is 8.44. The van der Waals surface area contributed by atoms with E-state index in [4.69, 9.17) is 4.74 Å². The molecular formula is C21H28N4O3S. The molecule has 1 aromatic carbocycles. The summed E-state index contributed by atoms with van der Waals surface area (Å²) in [5.41, 5.74) is 2.55. The Morgan fingerprint density at radius 2 is 1.90 bits per heavy atom. The van der Waals surface area contributed by atoms with Gasteiger partial charge in [0.05, 0.1) is 18.9 Å². The number of morpholine rings is 1. The van der Waals surface area contributed by atoms with Crippen molar-refractivity contribution in [2.24, 2.45) is 5.92 Å². The second kappa shape index (κ2) is 9.96. The molecule has 1 fully saturated rings. The summed E-state index contributed by atoms with van der Waals surface area (Å²) in [6.07, 6.45) is 0. The molecule has 0 saturated carbocycles. The molecule has 1 aliphatic rings. The van der Waals surface area contributed by atoms with Gasteiger partial charge >= 0.3 is 0 Å². The molecule has 7 nitrogen and oxygen atoms in total. The van der Waals surface area contributed by atoms with Gasteiger partial charge in [0, 0.05) is 30.6 Å². The van der Waals surface area contributed by atoms with Crippen molar-refractivity contribution in [1.82, 2.24) is 15.2 Å². The fourth-order valence-electron chi connectivity index (χ4n) is 3.07. The van der Waals surface area contributed by atoms with Crippen molar-refractivity contribution in [3.63, 3.8) is 0 Å². The Balaban J connectivity index is 1.59. The molecule has 2 aromatic rings. The zero-order valence-corrected chi connectivity index (χ0v) is 17.9. The van der Waals surface area contributed by atoms with E-state index in [2.05, 4.69) is 20.5 Å². The van der Waals surface area contributed by atoms with Crippen LogP contribution in [0.5, 0.6) is 0 Å². The van der Waals surface area contributed by atoms with Crippen molar-refractivity contribution in [3.05, 3.63) is 46.5 Å². The summed E-state index contributed by atoms with van der Waals surface area (Å²) in [6.45, 7) is 9.78. The third-order valence-electron chi connectivity index (χ3n) is 4.82. The van der Waals surface area contributed by atoms with Crippen LogP contribution in [-0.4, -0.2) is 54.0 Å². The number of nitrogens with zero attached hydrogens (tertiary/aromatic N) is 2. The first-order valence-electron chi connectivity index (χ1n) is 9.85. The van der Waals surface area contributed by atoms with Gasteiger partial charge in [0.15, 0.2) is 5.13 Å². The fourth-order valence-corrected chi connectivity index (χ4v) is 3.78. The van der Waals surface area contributed by atoms with Crippen LogP contribution in [0.1, 0.15) is 35.5 Å². The molecule has 0 aliphatic carbocycles. The van der Waals surface area contributed by atoms with Crippen LogP contribution in [0.3, 0.4) is 0 Å². The van der Waals surface area contributed by atoms with Gasteiger partial charge in [0.25, 0.3) is 5.91 Å². The Bertz CT molecular complexity index is 829. The summed E-state index contributed by atoms with van der Waals surface area (Å²) in [5, 5.41) is 8.21. The largest absolute Gasteiger partial charge is 0.379 e. The molecular weight excluding hydrogens is 388 g/mol. The van der Waals surface area contributed by atoms with Gasteiger partial charge in [-0.05, 0) is 25.0 Å². The number of aryl methyl sites for hydroxylation is 1. The quantitative estimate of drug-likeness (QED) is 0.725. The van der Waals surface area contributed by atoms with Crippen molar-refractivity contribution in [2.75, 3.05) is 31.6 Å². The minimum absolute atomic E-state index is 0.0582. The van der Waals surface area contributed by atoms with E-state index in [1.54, 1.807) is 12.1 Å². The predicted molar refractivity (Wildman–Crippen MR) is 114 cm³/mol. The van der Waals surface area contributed by atoms with Crippen LogP contribution >= 0.6 is 11.3 Å². The van der Waals surface area contributed by atoms with Crippen LogP contribution < -0.4 is 10.6 Å². The van der Waals surface area contributed by atoms with Gasteiger partial charge in [-0.15, -0.1) is 11.3 Å². The number of thiazole rings is 1. The lowest BCUT2D eigenvalue weighted by Crippen LogP contribution is -2.47. The number of hydrogen-bond acceptors (Lipinski definition) is 6. The maximum Gasteiger partial charge on any atom is 0.251 e. The molecule has 1 aliphatic heterocycles. The first-order valence-corrected chi connectivity index (χ1v) is 10.7. The molecule has 2 heterocycles. The van der Waals surface area contributed by atoms with E-state index < -0.39 is 6.04 Å². The van der Waals surface area contributed by atoms with Gasteiger partial charge in [-0.2, -0.15) is 0 Å². The zero-order valence-electron chi connectivity index (χ0n) is 17.1. The Kier molecular flexibility index (Phi) is 7.35. The van der Waals surface area contributed by atoms with Crippen LogP contribution in [0.2, 0.25) is 0 Å². The molecule has 1 atom stereocenters. The smallest absolute Gasteiger partial charge is 0.251 e. The average Bonchev–Trinajstić information content (AvgIpc) is 3.13. The molecule has 29 heavy (non-hydrogen) atoms. The van der Waals surface area contributed by atoms with Gasteiger partial charge < -0.3 is 15.4 Å². The van der Waals surface area contributed by atoms with E-state index in [9.17, 15) is 9.59 Å². The fraction of sp³-hybridized carbons (Fsp3) is 0.476. The number of amides is 2. The van der Waals surface area contributed by atoms with Gasteiger partial charge in [-0.25, -0.2) is 4.98 Å². The molecule has 0 spiro atoms. The summed E-state index contributed by atoms with van der Waals surface area (Å²) in [6, 6.07) is 6.64. The number of hydrogen-bond donors (Lipinski definition) is 2. The first-order chi connectivity index (χ1) is 13.9. The van der Waals surface area contributed by atoms with E-state index in [1.807, 2.05) is 38.3 Å². The van der Waals surface area contributed by atoms with Crippen molar-refractivity contribution >= 4 is 28.3 Å². The Morgan fingerprint density at radius 3 is 2.55 bits per heavy atom. The molecule has 1 saturated heterocycles. The highest BCUT2D eigenvalue weighted by Crippen LogP contribution is 2.18. The number of carbonyl (C=O) groups is 2. The highest BCUT2D eigenvalue weighted by atomic mass is 32.1. The lowest BCUT2D eigenvalue weighted by Gasteiger charge is -2.25. The standard InChI is InChI=1S/C21H28N4O3S/c1-14(2)18(23-19(26)16-6-4-15(3)5-7-16)20(27)24-21-22-17(13-29-21)12-25-8-10-28-11-9-25/h4-7,13-14,18H,8-12H2,1-3H3,(H,23,26)(H,22,24,27). The number of aromatic nitrogens is 1. The summed E-state index contributed by atoms with van der Waals surface area (Å²) in [7, 11) is 0. The van der Waals surface area contributed by atoms with E-state index in [-0.39, 0.29) is 17.7 Å². The third kappa shape index (κ3) is 6.09. The lowest BCUT2D eigenvalue weighted by atomic mass is 10.0. The topological polar surface area (TPSA) is 83.6 Å². The highest BCUT2D eigenvalue weighted by molar-refractivity contribution is 7.13. The first kappa shape index (κ1) is 21.4. The van der Waals surface area contributed by atoms with Gasteiger partial charge in [0.1, 0.15) is 6.04 Å². The maximum absolute atomic E-state index is 12.8. The number of carbonyl (C=O) groups excluding carboxylic acids is 2. The van der Waals surface area contributed by atoms with Crippen LogP contribution in [0.4, 0.5) is 5.13 Å². The van der Waals surface area contributed by atoms with Gasteiger partial charge in [-0.1, -0.05) is 31.5 Å². The number of rotatable bonds is 7. The van der Waals surface area contributed by atoms with Gasteiger partial charge in [0.2, 0.25) is 5.91 Å². The molecule has 0 bridgehead atoms. The van der Waals surface area contributed by atoms with E-state index >= 15 is 0 Å². The van der Waals surface area contributed by atoms with Crippen LogP contribution in [0.25, 0.3) is 0 Å². The normalized spacial score (nSPS) is 15.9. The van der Waals surface area contributed by atoms with Crippen molar-refractivity contribution in [2.45, 2.75) is 33.4 Å². The summed E-state index contributed by atoms with van der Waals surface area (Å²) >= 11 is 1.40. The second-order valence-electron chi connectivity index (χ2n) is 7.58. The van der Waals surface area contributed by atoms with Crippen molar-refractivity contribution < 1.29 is 14.3 Å². The summed E-state index contributed by atoms with van der Waals surface area (Å²) in [4.78, 5) is 32.1. The van der Waals surface area contributed by atoms with Crippen molar-refractivity contribution in [3.8, 4) is 0 Å². The highest BCUT2D eigenvalue weighted by Gasteiger charge is 2.25. The van der Waals surface area contributed by atoms with Crippen LogP contribution in [0.15, 0.2) is 29.6 Å². The predicted octanol–water partition coefficient (Wildman–Crippen LogP) is 2.68. The average molecular weight is 417 g/mol. The van der Waals surface area contributed by atoms with E-state index in [0.717, 1.165) is 44.1 Å². The number of benzene rings is 1. The minimum Gasteiger partial charge on any atom is -0.379 e. The Hall–Kier alpha value is -2.29. The number of anilines is 1. The molecule has 1 unspecified atom stereocenters. The minimum atomic E-state index is -0.643. The maximum atomic E-state index is 12.8. The zero-order chi connectivity index (χ0) is 20.8. The van der Waals surface area contributed by atoms with Crippen LogP contribution in [-0.2, 0) is 16.1 Å². The number of ether oxygens (including phenoxy) is 1. The molecule has 0 radical (unpaired) electrons. The summed E-state index contributed by atoms with van der Waals surface area (Å²) in [5.74, 6) is -0.573.